The number of hydrogen-bond donors (Lipinski definition) is 3. The smallest absolute Gasteiger partial charge is 0.349 e. The average Bonchev–Trinajstić information content (AvgIpc) is 2.58. The van der Waals surface area contributed by atoms with Gasteiger partial charge in [0.15, 0.2) is 11.5 Å². The fourth-order valence-electron chi connectivity index (χ4n) is 2.44. The number of amides is 1. The Kier molecular flexibility index (Phi) is 6.36. The summed E-state index contributed by atoms with van der Waals surface area (Å²) >= 11 is 0. The summed E-state index contributed by atoms with van der Waals surface area (Å²) in [6.45, 7) is 3.24. The van der Waals surface area contributed by atoms with Crippen LogP contribution in [-0.4, -0.2) is 43.0 Å². The third-order valence-corrected chi connectivity index (χ3v) is 3.51. The molecule has 10 heteroatoms. The summed E-state index contributed by atoms with van der Waals surface area (Å²) in [7, 11) is 0. The topological polar surface area (TPSA) is 147 Å². The van der Waals surface area contributed by atoms with Gasteiger partial charge in [-0.1, -0.05) is 12.2 Å². The molecule has 0 atom stereocenters. The van der Waals surface area contributed by atoms with Crippen LogP contribution in [0.1, 0.15) is 31.7 Å². The number of carboxylic acid groups (broad SMARTS) is 1. The fourth-order valence-corrected chi connectivity index (χ4v) is 2.44. The number of aromatic amines is 1. The minimum atomic E-state index is -1.04. The van der Waals surface area contributed by atoms with Crippen LogP contribution in [0.3, 0.4) is 0 Å². The lowest BCUT2D eigenvalue weighted by Crippen LogP contribution is -2.34. The van der Waals surface area contributed by atoms with Crippen molar-refractivity contribution >= 4 is 24.0 Å². The number of aromatic nitrogens is 4. The molecule has 0 aliphatic carbocycles. The van der Waals surface area contributed by atoms with Crippen molar-refractivity contribution in [2.24, 2.45) is 0 Å². The molecule has 0 radical (unpaired) electrons. The van der Waals surface area contributed by atoms with Gasteiger partial charge in [0.2, 0.25) is 5.91 Å². The summed E-state index contributed by atoms with van der Waals surface area (Å²) in [5, 5.41) is 11.1. The molecule has 0 bridgehead atoms. The van der Waals surface area contributed by atoms with Crippen LogP contribution in [0.25, 0.3) is 23.7 Å². The molecule has 0 saturated carbocycles. The van der Waals surface area contributed by atoms with E-state index in [4.69, 9.17) is 5.11 Å². The Morgan fingerprint density at radius 1 is 1.19 bits per heavy atom. The van der Waals surface area contributed by atoms with Gasteiger partial charge in [-0.2, -0.15) is 4.98 Å². The van der Waals surface area contributed by atoms with Gasteiger partial charge in [-0.25, -0.2) is 9.78 Å². The Bertz CT molecular complexity index is 1000. The van der Waals surface area contributed by atoms with Crippen LogP contribution in [0.2, 0.25) is 0 Å². The number of nitrogens with one attached hydrogen (secondary N) is 2. The van der Waals surface area contributed by atoms with Crippen LogP contribution in [0.5, 0.6) is 0 Å². The van der Waals surface area contributed by atoms with Gasteiger partial charge in [0.05, 0.1) is 17.8 Å². The second kappa shape index (κ2) is 8.70. The van der Waals surface area contributed by atoms with E-state index in [1.165, 1.54) is 4.57 Å². The van der Waals surface area contributed by atoms with E-state index in [0.717, 1.165) is 0 Å². The fraction of sp³-hybridized carbons (Fsp3) is 0.294. The van der Waals surface area contributed by atoms with Gasteiger partial charge in [-0.3, -0.25) is 19.4 Å². The zero-order valence-corrected chi connectivity index (χ0v) is 14.9. The average molecular weight is 373 g/mol. The Morgan fingerprint density at radius 2 is 1.89 bits per heavy atom. The first-order valence-electron chi connectivity index (χ1n) is 8.16. The van der Waals surface area contributed by atoms with Crippen molar-refractivity contribution in [3.8, 4) is 11.5 Å². The molecule has 0 fully saturated rings. The molecule has 1 amide bonds. The van der Waals surface area contributed by atoms with Crippen molar-refractivity contribution in [2.75, 3.05) is 6.54 Å². The number of aliphatic carboxylic acids is 1. The van der Waals surface area contributed by atoms with Gasteiger partial charge < -0.3 is 15.0 Å². The lowest BCUT2D eigenvalue weighted by molar-refractivity contribution is -0.136. The van der Waals surface area contributed by atoms with Crippen molar-refractivity contribution in [3.63, 3.8) is 0 Å². The standard InChI is InChI=1S/C17H19N5O5/c1-3-5-10-11(6-4-2)22(9-12(23)18-8-7-13(24)25)15-14(19-10)16(26)21-17(27)20-15/h3-6H,7-9H2,1-2H3,(H,18,23)(H,24,25)(H,21,26,27). The maximum absolute atomic E-state index is 12.3. The number of rotatable bonds is 7. The first-order chi connectivity index (χ1) is 12.9. The second-order valence-electron chi connectivity index (χ2n) is 5.51. The van der Waals surface area contributed by atoms with Crippen LogP contribution >= 0.6 is 0 Å². The first-order valence-corrected chi connectivity index (χ1v) is 8.16. The molecule has 0 saturated heterocycles. The van der Waals surface area contributed by atoms with E-state index in [1.54, 1.807) is 38.2 Å². The number of carbonyl (C=O) groups excluding carboxylic acids is 1. The number of carboxylic acids is 1. The lowest BCUT2D eigenvalue weighted by Gasteiger charge is -2.18. The molecule has 27 heavy (non-hydrogen) atoms. The van der Waals surface area contributed by atoms with Crippen molar-refractivity contribution in [1.29, 1.82) is 0 Å². The lowest BCUT2D eigenvalue weighted by atomic mass is 10.2. The maximum atomic E-state index is 12.3. The zero-order valence-electron chi connectivity index (χ0n) is 14.9. The normalized spacial score (nSPS) is 11.5. The van der Waals surface area contributed by atoms with Gasteiger partial charge in [-0.05, 0) is 26.0 Å². The summed E-state index contributed by atoms with van der Waals surface area (Å²) in [5.74, 6) is -1.55. The second-order valence-corrected chi connectivity index (χ2v) is 5.51. The van der Waals surface area contributed by atoms with Crippen molar-refractivity contribution in [1.82, 2.24) is 24.8 Å². The Hall–Kier alpha value is -3.56. The van der Waals surface area contributed by atoms with Crippen molar-refractivity contribution in [3.05, 3.63) is 44.4 Å². The number of hydrogen-bond acceptors (Lipinski definition) is 6. The summed E-state index contributed by atoms with van der Waals surface area (Å²) < 4.78 is 1.41. The van der Waals surface area contributed by atoms with Crippen LogP contribution in [-0.2, 0) is 16.1 Å². The Labute approximate surface area is 153 Å². The van der Waals surface area contributed by atoms with E-state index in [9.17, 15) is 19.2 Å². The maximum Gasteiger partial charge on any atom is 0.349 e. The predicted octanol–water partition coefficient (Wildman–Crippen LogP) is 0.0885. The highest BCUT2D eigenvalue weighted by Crippen LogP contribution is 2.20. The van der Waals surface area contributed by atoms with Crippen LogP contribution in [0.4, 0.5) is 0 Å². The Balaban J connectivity index is 2.61. The molecule has 2 aliphatic heterocycles. The van der Waals surface area contributed by atoms with Crippen LogP contribution in [0, 0.1) is 0 Å². The highest BCUT2D eigenvalue weighted by Gasteiger charge is 2.21. The minimum Gasteiger partial charge on any atom is -0.481 e. The summed E-state index contributed by atoms with van der Waals surface area (Å²) in [6.07, 6.45) is 6.57. The van der Waals surface area contributed by atoms with E-state index >= 15 is 0 Å². The molecule has 0 spiro atoms. The summed E-state index contributed by atoms with van der Waals surface area (Å²) in [5.41, 5.74) is -0.724. The highest BCUT2D eigenvalue weighted by molar-refractivity contribution is 5.78. The van der Waals surface area contributed by atoms with E-state index in [0.29, 0.717) is 11.4 Å². The number of nitrogens with zero attached hydrogens (tertiary/aromatic N) is 3. The third-order valence-electron chi connectivity index (χ3n) is 3.51. The van der Waals surface area contributed by atoms with Gasteiger partial charge in [0.1, 0.15) is 6.54 Å². The molecular weight excluding hydrogens is 354 g/mol. The molecule has 0 unspecified atom stereocenters. The minimum absolute atomic E-state index is 0.0292. The van der Waals surface area contributed by atoms with Crippen molar-refractivity contribution in [2.45, 2.75) is 26.8 Å². The molecule has 10 nitrogen and oxygen atoms in total. The number of fused-ring (bicyclic) bond motifs is 1. The van der Waals surface area contributed by atoms with Crippen molar-refractivity contribution < 1.29 is 14.7 Å². The molecule has 2 aliphatic rings. The summed E-state index contributed by atoms with van der Waals surface area (Å²) in [4.78, 5) is 56.7. The molecule has 2 rings (SSSR count). The van der Waals surface area contributed by atoms with Gasteiger partial charge >= 0.3 is 11.7 Å². The van der Waals surface area contributed by atoms with Gasteiger partial charge in [0.25, 0.3) is 5.56 Å². The first kappa shape index (κ1) is 19.8. The molecule has 3 N–H and O–H groups in total. The van der Waals surface area contributed by atoms with E-state index in [2.05, 4.69) is 20.3 Å². The monoisotopic (exact) mass is 373 g/mol. The number of H-pyrrole nitrogens is 1. The largest absolute Gasteiger partial charge is 0.481 e. The quantitative estimate of drug-likeness (QED) is 0.623. The molecule has 0 aromatic heterocycles. The SMILES string of the molecule is CC=Cc1nc2c(=O)[nH]c(=O)nc-2n(CC(=O)NCCC(=O)O)c1C=CC. The van der Waals surface area contributed by atoms with Gasteiger partial charge in [0, 0.05) is 6.54 Å². The van der Waals surface area contributed by atoms with Crippen LogP contribution < -0.4 is 16.6 Å². The highest BCUT2D eigenvalue weighted by atomic mass is 16.4. The molecule has 142 valence electrons. The summed E-state index contributed by atoms with van der Waals surface area (Å²) in [6, 6.07) is 0. The van der Waals surface area contributed by atoms with Crippen LogP contribution in [0.15, 0.2) is 21.7 Å². The number of carbonyl (C=O) groups is 2. The molecule has 0 aromatic rings. The van der Waals surface area contributed by atoms with E-state index < -0.39 is 23.1 Å². The van der Waals surface area contributed by atoms with E-state index in [1.807, 2.05) is 0 Å². The molecule has 0 aromatic carbocycles. The molecule has 2 heterocycles. The molecular formula is C17H19N5O5. The van der Waals surface area contributed by atoms with E-state index in [-0.39, 0.29) is 31.0 Å². The number of allylic oxidation sites excluding steroid dienone is 2. The third kappa shape index (κ3) is 4.75. The Morgan fingerprint density at radius 3 is 2.52 bits per heavy atom. The zero-order chi connectivity index (χ0) is 20.0. The predicted molar refractivity (Wildman–Crippen MR) is 98.2 cm³/mol. The van der Waals surface area contributed by atoms with Gasteiger partial charge in [-0.15, -0.1) is 0 Å².